The summed E-state index contributed by atoms with van der Waals surface area (Å²) in [7, 11) is 0. The minimum Gasteiger partial charge on any atom is -0.352 e. The minimum atomic E-state index is -0.328. The number of benzene rings is 1. The van der Waals surface area contributed by atoms with Crippen LogP contribution < -0.4 is 5.32 Å². The van der Waals surface area contributed by atoms with Gasteiger partial charge in [0.2, 0.25) is 0 Å². The van der Waals surface area contributed by atoms with Crippen molar-refractivity contribution in [3.63, 3.8) is 0 Å². The van der Waals surface area contributed by atoms with E-state index in [1.54, 1.807) is 0 Å². The van der Waals surface area contributed by atoms with Crippen LogP contribution in [0.1, 0.15) is 37.6 Å². The molecule has 0 aliphatic rings. The average molecular weight is 223 g/mol. The maximum atomic E-state index is 12.6. The van der Waals surface area contributed by atoms with Gasteiger partial charge in [-0.15, -0.1) is 0 Å². The van der Waals surface area contributed by atoms with Gasteiger partial charge in [0.05, 0.1) is 0 Å². The quantitative estimate of drug-likeness (QED) is 0.835. The number of amides is 1. The number of halogens is 1. The Morgan fingerprint density at radius 2 is 1.88 bits per heavy atom. The van der Waals surface area contributed by atoms with Crippen molar-refractivity contribution in [2.24, 2.45) is 5.41 Å². The monoisotopic (exact) mass is 223 g/mol. The number of hydrogen-bond acceptors (Lipinski definition) is 1. The Hall–Kier alpha value is -1.38. The van der Waals surface area contributed by atoms with Crippen molar-refractivity contribution in [2.75, 3.05) is 6.54 Å². The summed E-state index contributed by atoms with van der Waals surface area (Å²) < 4.78 is 12.6. The van der Waals surface area contributed by atoms with Gasteiger partial charge in [-0.1, -0.05) is 20.8 Å². The number of carbonyl (C=O) groups is 1. The fourth-order valence-corrected chi connectivity index (χ4v) is 1.15. The summed E-state index contributed by atoms with van der Waals surface area (Å²) in [5.74, 6) is -0.480. The van der Waals surface area contributed by atoms with E-state index in [1.165, 1.54) is 24.3 Å². The third-order valence-corrected chi connectivity index (χ3v) is 2.79. The third kappa shape index (κ3) is 3.65. The molecule has 1 N–H and O–H groups in total. The molecule has 1 aromatic carbocycles. The molecule has 1 aromatic rings. The Labute approximate surface area is 95.9 Å². The second-order valence-electron chi connectivity index (χ2n) is 4.71. The molecule has 16 heavy (non-hydrogen) atoms. The highest BCUT2D eigenvalue weighted by Gasteiger charge is 2.16. The molecule has 0 bridgehead atoms. The Balaban J connectivity index is 2.56. The molecule has 0 atom stereocenters. The maximum Gasteiger partial charge on any atom is 0.251 e. The number of nitrogens with one attached hydrogen (secondary N) is 1. The highest BCUT2D eigenvalue weighted by atomic mass is 19.1. The van der Waals surface area contributed by atoms with Crippen LogP contribution in [0.15, 0.2) is 24.3 Å². The molecule has 88 valence electrons. The van der Waals surface area contributed by atoms with Gasteiger partial charge in [-0.25, -0.2) is 4.39 Å². The lowest BCUT2D eigenvalue weighted by molar-refractivity contribution is 0.0935. The van der Waals surface area contributed by atoms with Crippen molar-refractivity contribution in [1.29, 1.82) is 0 Å². The van der Waals surface area contributed by atoms with Gasteiger partial charge < -0.3 is 5.32 Å². The lowest BCUT2D eigenvalue weighted by atomic mass is 9.90. The van der Waals surface area contributed by atoms with Crippen LogP contribution in [0.2, 0.25) is 0 Å². The lowest BCUT2D eigenvalue weighted by Crippen LogP contribution is -2.33. The van der Waals surface area contributed by atoms with E-state index in [2.05, 4.69) is 26.1 Å². The van der Waals surface area contributed by atoms with Crippen LogP contribution in [-0.4, -0.2) is 12.5 Å². The number of hydrogen-bond donors (Lipinski definition) is 1. The van der Waals surface area contributed by atoms with Crippen molar-refractivity contribution in [3.05, 3.63) is 35.6 Å². The van der Waals surface area contributed by atoms with Gasteiger partial charge in [-0.05, 0) is 36.1 Å². The van der Waals surface area contributed by atoms with E-state index in [9.17, 15) is 9.18 Å². The van der Waals surface area contributed by atoms with Crippen LogP contribution in [0.4, 0.5) is 4.39 Å². The summed E-state index contributed by atoms with van der Waals surface area (Å²) in [4.78, 5) is 11.7. The normalized spacial score (nSPS) is 11.2. The molecule has 0 saturated carbocycles. The lowest BCUT2D eigenvalue weighted by Gasteiger charge is -2.22. The molecule has 3 heteroatoms. The van der Waals surface area contributed by atoms with Gasteiger partial charge in [0.25, 0.3) is 5.91 Å². The van der Waals surface area contributed by atoms with Crippen molar-refractivity contribution in [3.8, 4) is 0 Å². The zero-order chi connectivity index (χ0) is 12.2. The molecule has 0 heterocycles. The van der Waals surface area contributed by atoms with Crippen LogP contribution in [-0.2, 0) is 0 Å². The maximum absolute atomic E-state index is 12.6. The third-order valence-electron chi connectivity index (χ3n) is 2.79. The molecular weight excluding hydrogens is 205 g/mol. The van der Waals surface area contributed by atoms with Gasteiger partial charge in [0, 0.05) is 12.1 Å². The Bertz CT molecular complexity index is 357. The Kier molecular flexibility index (Phi) is 4.05. The smallest absolute Gasteiger partial charge is 0.251 e. The first-order chi connectivity index (χ1) is 7.44. The van der Waals surface area contributed by atoms with Crippen molar-refractivity contribution in [2.45, 2.75) is 27.2 Å². The largest absolute Gasteiger partial charge is 0.352 e. The van der Waals surface area contributed by atoms with Gasteiger partial charge in [0.15, 0.2) is 0 Å². The van der Waals surface area contributed by atoms with E-state index in [4.69, 9.17) is 0 Å². The second kappa shape index (κ2) is 5.10. The van der Waals surface area contributed by atoms with Crippen LogP contribution in [0, 0.1) is 11.2 Å². The summed E-state index contributed by atoms with van der Waals surface area (Å²) in [6.45, 7) is 6.90. The highest BCUT2D eigenvalue weighted by Crippen LogP contribution is 2.17. The van der Waals surface area contributed by atoms with Crippen LogP contribution in [0.25, 0.3) is 0 Å². The first-order valence-electron chi connectivity index (χ1n) is 5.48. The van der Waals surface area contributed by atoms with Gasteiger partial charge in [0.1, 0.15) is 5.82 Å². The van der Waals surface area contributed by atoms with Gasteiger partial charge in [-0.2, -0.15) is 0 Å². The first kappa shape index (κ1) is 12.7. The average Bonchev–Trinajstić information content (AvgIpc) is 2.27. The standard InChI is InChI=1S/C13H18FNO/c1-4-13(2,3)9-15-12(16)10-5-7-11(14)8-6-10/h5-8H,4,9H2,1-3H3,(H,15,16). The van der Waals surface area contributed by atoms with Crippen LogP contribution in [0.5, 0.6) is 0 Å². The summed E-state index contributed by atoms with van der Waals surface area (Å²) >= 11 is 0. The summed E-state index contributed by atoms with van der Waals surface area (Å²) in [6, 6.07) is 5.56. The Morgan fingerprint density at radius 1 is 1.31 bits per heavy atom. The predicted octanol–water partition coefficient (Wildman–Crippen LogP) is 2.99. The minimum absolute atomic E-state index is 0.0929. The molecule has 1 rings (SSSR count). The zero-order valence-corrected chi connectivity index (χ0v) is 10.0. The van der Waals surface area contributed by atoms with Gasteiger partial charge in [-0.3, -0.25) is 4.79 Å². The molecular formula is C13H18FNO. The van der Waals surface area contributed by atoms with Crippen molar-refractivity contribution >= 4 is 5.91 Å². The van der Waals surface area contributed by atoms with Gasteiger partial charge >= 0.3 is 0 Å². The molecule has 0 fully saturated rings. The molecule has 0 spiro atoms. The molecule has 2 nitrogen and oxygen atoms in total. The van der Waals surface area contributed by atoms with E-state index >= 15 is 0 Å². The fourth-order valence-electron chi connectivity index (χ4n) is 1.15. The number of carbonyl (C=O) groups excluding carboxylic acids is 1. The fraction of sp³-hybridized carbons (Fsp3) is 0.462. The predicted molar refractivity (Wildman–Crippen MR) is 62.8 cm³/mol. The molecule has 0 aromatic heterocycles. The first-order valence-corrected chi connectivity index (χ1v) is 5.48. The van der Waals surface area contributed by atoms with Crippen LogP contribution >= 0.6 is 0 Å². The molecule has 0 aliphatic heterocycles. The van der Waals surface area contributed by atoms with Crippen molar-refractivity contribution < 1.29 is 9.18 Å². The second-order valence-corrected chi connectivity index (χ2v) is 4.71. The molecule has 0 unspecified atom stereocenters. The van der Waals surface area contributed by atoms with Crippen molar-refractivity contribution in [1.82, 2.24) is 5.32 Å². The number of rotatable bonds is 4. The van der Waals surface area contributed by atoms with E-state index in [0.29, 0.717) is 12.1 Å². The van der Waals surface area contributed by atoms with E-state index in [1.807, 2.05) is 0 Å². The summed E-state index contributed by atoms with van der Waals surface area (Å²) in [5.41, 5.74) is 0.587. The van der Waals surface area contributed by atoms with E-state index < -0.39 is 0 Å². The highest BCUT2D eigenvalue weighted by molar-refractivity contribution is 5.94. The zero-order valence-electron chi connectivity index (χ0n) is 10.0. The van der Waals surface area contributed by atoms with E-state index in [-0.39, 0.29) is 17.1 Å². The SMILES string of the molecule is CCC(C)(C)CNC(=O)c1ccc(F)cc1. The molecule has 0 saturated heterocycles. The topological polar surface area (TPSA) is 29.1 Å². The summed E-state index contributed by atoms with van der Waals surface area (Å²) in [6.07, 6.45) is 0.997. The Morgan fingerprint density at radius 3 is 2.38 bits per heavy atom. The molecule has 0 radical (unpaired) electrons. The molecule has 0 aliphatic carbocycles. The van der Waals surface area contributed by atoms with Crippen LogP contribution in [0.3, 0.4) is 0 Å². The van der Waals surface area contributed by atoms with E-state index in [0.717, 1.165) is 6.42 Å². The summed E-state index contributed by atoms with van der Waals surface area (Å²) in [5, 5.41) is 2.85. The molecule has 1 amide bonds.